The van der Waals surface area contributed by atoms with Gasteiger partial charge in [-0.3, -0.25) is 4.79 Å². The van der Waals surface area contributed by atoms with Gasteiger partial charge in [-0.25, -0.2) is 5.43 Å². The molecule has 154 valence electrons. The van der Waals surface area contributed by atoms with E-state index in [4.69, 9.17) is 16.3 Å². The molecule has 0 fully saturated rings. The molecule has 4 aromatic rings. The van der Waals surface area contributed by atoms with Crippen LogP contribution in [-0.4, -0.2) is 12.1 Å². The second-order valence-electron chi connectivity index (χ2n) is 7.06. The van der Waals surface area contributed by atoms with Gasteiger partial charge in [0.1, 0.15) is 12.4 Å². The second-order valence-corrected chi connectivity index (χ2v) is 7.50. The molecule has 31 heavy (non-hydrogen) atoms. The number of carbonyl (C=O) groups is 1. The number of hydrogen-bond acceptors (Lipinski definition) is 3. The molecule has 0 aromatic heterocycles. The summed E-state index contributed by atoms with van der Waals surface area (Å²) in [5, 5.41) is 7.00. The van der Waals surface area contributed by atoms with Crippen LogP contribution in [0.3, 0.4) is 0 Å². The lowest BCUT2D eigenvalue weighted by atomic mass is 10.0. The third-order valence-corrected chi connectivity index (χ3v) is 5.10. The first kappa shape index (κ1) is 20.6. The Morgan fingerprint density at radius 2 is 1.65 bits per heavy atom. The van der Waals surface area contributed by atoms with Gasteiger partial charge in [0.25, 0.3) is 0 Å². The van der Waals surface area contributed by atoms with Crippen molar-refractivity contribution in [1.82, 2.24) is 5.43 Å². The number of rotatable bonds is 7. The fourth-order valence-corrected chi connectivity index (χ4v) is 3.42. The second kappa shape index (κ2) is 9.92. The van der Waals surface area contributed by atoms with E-state index in [1.54, 1.807) is 6.21 Å². The van der Waals surface area contributed by atoms with E-state index in [9.17, 15) is 4.79 Å². The molecule has 0 saturated carbocycles. The van der Waals surface area contributed by atoms with Crippen molar-refractivity contribution in [3.05, 3.63) is 113 Å². The number of fused-ring (bicyclic) bond motifs is 1. The number of amides is 1. The highest BCUT2D eigenvalue weighted by molar-refractivity contribution is 6.30. The van der Waals surface area contributed by atoms with Crippen LogP contribution >= 0.6 is 11.6 Å². The van der Waals surface area contributed by atoms with Crippen LogP contribution in [-0.2, 0) is 17.8 Å². The van der Waals surface area contributed by atoms with E-state index in [1.165, 1.54) is 0 Å². The van der Waals surface area contributed by atoms with Gasteiger partial charge in [-0.15, -0.1) is 0 Å². The fourth-order valence-electron chi connectivity index (χ4n) is 3.29. The van der Waals surface area contributed by atoms with Gasteiger partial charge in [-0.2, -0.15) is 5.10 Å². The minimum absolute atomic E-state index is 0.174. The third-order valence-electron chi connectivity index (χ3n) is 4.85. The molecule has 0 spiro atoms. The van der Waals surface area contributed by atoms with Crippen molar-refractivity contribution in [2.75, 3.05) is 0 Å². The highest BCUT2D eigenvalue weighted by Gasteiger charge is 2.06. The van der Waals surface area contributed by atoms with Crippen molar-refractivity contribution in [2.24, 2.45) is 5.10 Å². The number of carbonyl (C=O) groups excluding carboxylic acids is 1. The first-order chi connectivity index (χ1) is 15.2. The van der Waals surface area contributed by atoms with Crippen molar-refractivity contribution in [2.45, 2.75) is 13.0 Å². The fraction of sp³-hybridized carbons (Fsp3) is 0.0769. The molecule has 0 unspecified atom stereocenters. The van der Waals surface area contributed by atoms with E-state index in [-0.39, 0.29) is 12.3 Å². The average molecular weight is 429 g/mol. The summed E-state index contributed by atoms with van der Waals surface area (Å²) >= 11 is 5.92. The SMILES string of the molecule is O=C(Cc1cccc2ccccc12)NN=Cc1ccccc1OCc1ccc(Cl)cc1. The van der Waals surface area contributed by atoms with Gasteiger partial charge < -0.3 is 4.74 Å². The number of ether oxygens (including phenoxy) is 1. The quantitative estimate of drug-likeness (QED) is 0.300. The van der Waals surface area contributed by atoms with Crippen LogP contribution in [0.15, 0.2) is 96.1 Å². The molecule has 4 nitrogen and oxygen atoms in total. The molecule has 0 aliphatic heterocycles. The van der Waals surface area contributed by atoms with Gasteiger partial charge in [-0.05, 0) is 46.2 Å². The molecule has 0 bridgehead atoms. The molecule has 0 aliphatic rings. The molecular weight excluding hydrogens is 408 g/mol. The highest BCUT2D eigenvalue weighted by Crippen LogP contribution is 2.20. The highest BCUT2D eigenvalue weighted by atomic mass is 35.5. The Bertz CT molecular complexity index is 1210. The van der Waals surface area contributed by atoms with Crippen LogP contribution in [0, 0.1) is 0 Å². The van der Waals surface area contributed by atoms with Crippen molar-refractivity contribution >= 4 is 34.5 Å². The molecule has 0 aliphatic carbocycles. The van der Waals surface area contributed by atoms with Crippen molar-refractivity contribution in [3.8, 4) is 5.75 Å². The van der Waals surface area contributed by atoms with Gasteiger partial charge in [0.05, 0.1) is 12.6 Å². The normalized spacial score (nSPS) is 11.0. The standard InChI is InChI=1S/C26H21ClN2O2/c27-23-14-12-19(13-15-23)18-31-25-11-4-2-7-22(25)17-28-29-26(30)16-21-9-5-8-20-6-1-3-10-24(20)21/h1-15,17H,16,18H2,(H,29,30). The molecule has 5 heteroatoms. The molecule has 1 N–H and O–H groups in total. The number of nitrogens with zero attached hydrogens (tertiary/aromatic N) is 1. The summed E-state index contributed by atoms with van der Waals surface area (Å²) in [4.78, 5) is 12.4. The van der Waals surface area contributed by atoms with Crippen LogP contribution in [0.25, 0.3) is 10.8 Å². The monoisotopic (exact) mass is 428 g/mol. The zero-order valence-electron chi connectivity index (χ0n) is 16.8. The number of halogens is 1. The van der Waals surface area contributed by atoms with Gasteiger partial charge in [0.2, 0.25) is 5.91 Å². The summed E-state index contributed by atoms with van der Waals surface area (Å²) in [5.74, 6) is 0.511. The lowest BCUT2D eigenvalue weighted by Crippen LogP contribution is -2.20. The molecule has 0 atom stereocenters. The average Bonchev–Trinajstić information content (AvgIpc) is 2.80. The summed E-state index contributed by atoms with van der Waals surface area (Å²) in [5.41, 5.74) is 5.37. The van der Waals surface area contributed by atoms with Crippen LogP contribution < -0.4 is 10.2 Å². The summed E-state index contributed by atoms with van der Waals surface area (Å²) < 4.78 is 5.92. The number of benzene rings is 4. The number of nitrogens with one attached hydrogen (secondary N) is 1. The lowest BCUT2D eigenvalue weighted by molar-refractivity contribution is -0.120. The van der Waals surface area contributed by atoms with Crippen LogP contribution in [0.1, 0.15) is 16.7 Å². The maximum Gasteiger partial charge on any atom is 0.244 e. The van der Waals surface area contributed by atoms with Gasteiger partial charge in [-0.1, -0.05) is 78.3 Å². The molecule has 0 radical (unpaired) electrons. The molecular formula is C26H21ClN2O2. The Morgan fingerprint density at radius 1 is 0.903 bits per heavy atom. The predicted octanol–water partition coefficient (Wildman–Crippen LogP) is 5.77. The summed E-state index contributed by atoms with van der Waals surface area (Å²) in [6.45, 7) is 0.412. The van der Waals surface area contributed by atoms with Gasteiger partial charge in [0, 0.05) is 10.6 Å². The van der Waals surface area contributed by atoms with Gasteiger partial charge >= 0.3 is 0 Å². The Hall–Kier alpha value is -3.63. The topological polar surface area (TPSA) is 50.7 Å². The Morgan fingerprint density at radius 3 is 2.52 bits per heavy atom. The Kier molecular flexibility index (Phi) is 6.60. The summed E-state index contributed by atoms with van der Waals surface area (Å²) in [6, 6.07) is 29.0. The minimum Gasteiger partial charge on any atom is -0.488 e. The van der Waals surface area contributed by atoms with E-state index in [0.29, 0.717) is 17.4 Å². The summed E-state index contributed by atoms with van der Waals surface area (Å²) in [6.07, 6.45) is 1.85. The van der Waals surface area contributed by atoms with Crippen molar-refractivity contribution < 1.29 is 9.53 Å². The number of hydrogen-bond donors (Lipinski definition) is 1. The molecule has 4 rings (SSSR count). The van der Waals surface area contributed by atoms with Crippen LogP contribution in [0.4, 0.5) is 0 Å². The largest absolute Gasteiger partial charge is 0.488 e. The van der Waals surface area contributed by atoms with Crippen molar-refractivity contribution in [1.29, 1.82) is 0 Å². The lowest BCUT2D eigenvalue weighted by Gasteiger charge is -2.09. The van der Waals surface area contributed by atoms with E-state index in [0.717, 1.165) is 27.5 Å². The summed E-state index contributed by atoms with van der Waals surface area (Å²) in [7, 11) is 0. The van der Waals surface area contributed by atoms with E-state index in [2.05, 4.69) is 10.5 Å². The Balaban J connectivity index is 1.38. The van der Waals surface area contributed by atoms with E-state index in [1.807, 2.05) is 91.0 Å². The molecule has 1 amide bonds. The van der Waals surface area contributed by atoms with E-state index >= 15 is 0 Å². The smallest absolute Gasteiger partial charge is 0.244 e. The number of hydrazone groups is 1. The number of para-hydroxylation sites is 1. The first-order valence-corrected chi connectivity index (χ1v) is 10.3. The van der Waals surface area contributed by atoms with Crippen molar-refractivity contribution in [3.63, 3.8) is 0 Å². The van der Waals surface area contributed by atoms with Crippen LogP contribution in [0.5, 0.6) is 5.75 Å². The molecule has 4 aromatic carbocycles. The third kappa shape index (κ3) is 5.50. The minimum atomic E-state index is -0.174. The zero-order chi connectivity index (χ0) is 21.5. The molecule has 0 heterocycles. The maximum absolute atomic E-state index is 12.4. The van der Waals surface area contributed by atoms with Gasteiger partial charge in [0.15, 0.2) is 0 Å². The molecule has 0 saturated heterocycles. The van der Waals surface area contributed by atoms with E-state index < -0.39 is 0 Å². The zero-order valence-corrected chi connectivity index (χ0v) is 17.5. The Labute approximate surface area is 186 Å². The first-order valence-electron chi connectivity index (χ1n) is 9.94. The maximum atomic E-state index is 12.4. The van der Waals surface area contributed by atoms with Crippen LogP contribution in [0.2, 0.25) is 5.02 Å². The predicted molar refractivity (Wildman–Crippen MR) is 126 cm³/mol.